The number of nitrogens with zero attached hydrogens (tertiary/aromatic N) is 2. The van der Waals surface area contributed by atoms with Crippen molar-refractivity contribution in [3.8, 4) is 0 Å². The molecule has 19 heavy (non-hydrogen) atoms. The summed E-state index contributed by atoms with van der Waals surface area (Å²) in [6.45, 7) is 3.07. The van der Waals surface area contributed by atoms with Crippen LogP contribution in [0, 0.1) is 10.1 Å². The number of rotatable bonds is 4. The number of aliphatic hydroxyl groups excluding tert-OH is 1. The second-order valence-electron chi connectivity index (χ2n) is 4.72. The van der Waals surface area contributed by atoms with Gasteiger partial charge < -0.3 is 14.7 Å². The number of hydrogen-bond acceptors (Lipinski definition) is 6. The second-order valence-corrected chi connectivity index (χ2v) is 5.78. The van der Waals surface area contributed by atoms with Crippen LogP contribution in [-0.4, -0.2) is 36.3 Å². The zero-order chi connectivity index (χ0) is 14.0. The summed E-state index contributed by atoms with van der Waals surface area (Å²) in [5, 5.41) is 21.3. The Bertz CT molecular complexity index is 461. The van der Waals surface area contributed by atoms with Gasteiger partial charge in [-0.3, -0.25) is 10.1 Å². The van der Waals surface area contributed by atoms with Crippen LogP contribution in [-0.2, 0) is 4.74 Å². The Morgan fingerprint density at radius 2 is 2.42 bits per heavy atom. The van der Waals surface area contributed by atoms with Gasteiger partial charge in [0.2, 0.25) is 0 Å². The third kappa shape index (κ3) is 3.05. The summed E-state index contributed by atoms with van der Waals surface area (Å²) < 4.78 is 5.34. The van der Waals surface area contributed by atoms with Crippen LogP contribution in [0.2, 0.25) is 0 Å². The highest BCUT2D eigenvalue weighted by molar-refractivity contribution is 7.16. The van der Waals surface area contributed by atoms with Gasteiger partial charge in [0.05, 0.1) is 17.1 Å². The van der Waals surface area contributed by atoms with Gasteiger partial charge in [-0.05, 0) is 19.8 Å². The maximum Gasteiger partial charge on any atom is 0.304 e. The quantitative estimate of drug-likeness (QED) is 0.679. The van der Waals surface area contributed by atoms with Crippen LogP contribution in [0.25, 0.3) is 0 Å². The predicted molar refractivity (Wildman–Crippen MR) is 73.9 cm³/mol. The van der Waals surface area contributed by atoms with E-state index in [4.69, 9.17) is 4.74 Å². The van der Waals surface area contributed by atoms with Crippen LogP contribution < -0.4 is 4.90 Å². The SMILES string of the molecule is COC1CCCN(c2sc([C@@H](C)O)cc2[N+](=O)[O-])C1. The van der Waals surface area contributed by atoms with Crippen molar-refractivity contribution >= 4 is 22.0 Å². The van der Waals surface area contributed by atoms with E-state index in [0.29, 0.717) is 16.4 Å². The Labute approximate surface area is 115 Å². The normalized spacial score (nSPS) is 21.4. The average Bonchev–Trinajstić information content (AvgIpc) is 2.84. The number of nitro groups is 1. The first-order valence-electron chi connectivity index (χ1n) is 6.27. The average molecular weight is 286 g/mol. The summed E-state index contributed by atoms with van der Waals surface area (Å²) in [6, 6.07) is 1.47. The first kappa shape index (κ1) is 14.2. The molecular formula is C12H18N2O4S. The van der Waals surface area contributed by atoms with Crippen LogP contribution in [0.4, 0.5) is 10.7 Å². The third-order valence-electron chi connectivity index (χ3n) is 3.32. The summed E-state index contributed by atoms with van der Waals surface area (Å²) in [4.78, 5) is 13.4. The van der Waals surface area contributed by atoms with Crippen LogP contribution >= 0.6 is 11.3 Å². The molecule has 1 saturated heterocycles. The van der Waals surface area contributed by atoms with Crippen molar-refractivity contribution in [3.05, 3.63) is 21.1 Å². The summed E-state index contributed by atoms with van der Waals surface area (Å²) in [5.74, 6) is 0. The first-order valence-corrected chi connectivity index (χ1v) is 7.08. The molecule has 0 bridgehead atoms. The van der Waals surface area contributed by atoms with Crippen LogP contribution in [0.3, 0.4) is 0 Å². The van der Waals surface area contributed by atoms with Gasteiger partial charge in [-0.15, -0.1) is 11.3 Å². The molecule has 1 aromatic rings. The molecular weight excluding hydrogens is 268 g/mol. The number of piperidine rings is 1. The zero-order valence-electron chi connectivity index (χ0n) is 11.0. The Balaban J connectivity index is 2.29. The Morgan fingerprint density at radius 3 is 3.00 bits per heavy atom. The number of anilines is 1. The van der Waals surface area contributed by atoms with E-state index >= 15 is 0 Å². The highest BCUT2D eigenvalue weighted by atomic mass is 32.1. The van der Waals surface area contributed by atoms with Crippen molar-refractivity contribution < 1.29 is 14.8 Å². The molecule has 1 aliphatic heterocycles. The number of thiophene rings is 1. The highest BCUT2D eigenvalue weighted by Gasteiger charge is 2.29. The zero-order valence-corrected chi connectivity index (χ0v) is 11.9. The fourth-order valence-corrected chi connectivity index (χ4v) is 3.37. The van der Waals surface area contributed by atoms with E-state index in [1.165, 1.54) is 17.4 Å². The predicted octanol–water partition coefficient (Wildman–Crippen LogP) is 2.32. The number of aliphatic hydroxyl groups is 1. The van der Waals surface area contributed by atoms with Crippen molar-refractivity contribution in [3.63, 3.8) is 0 Å². The molecule has 1 unspecified atom stereocenters. The topological polar surface area (TPSA) is 75.8 Å². The number of ether oxygens (including phenoxy) is 1. The van der Waals surface area contributed by atoms with E-state index < -0.39 is 6.10 Å². The largest absolute Gasteiger partial charge is 0.388 e. The lowest BCUT2D eigenvalue weighted by atomic mass is 10.1. The molecule has 1 N–H and O–H groups in total. The first-order chi connectivity index (χ1) is 9.02. The van der Waals surface area contributed by atoms with Gasteiger partial charge in [-0.1, -0.05) is 0 Å². The molecule has 106 valence electrons. The Kier molecular flexibility index (Phi) is 4.38. The fraction of sp³-hybridized carbons (Fsp3) is 0.667. The van der Waals surface area contributed by atoms with E-state index in [2.05, 4.69) is 0 Å². The summed E-state index contributed by atoms with van der Waals surface area (Å²) in [7, 11) is 1.66. The number of methoxy groups -OCH3 is 1. The third-order valence-corrected chi connectivity index (χ3v) is 4.68. The van der Waals surface area contributed by atoms with Gasteiger partial charge >= 0.3 is 5.69 Å². The standard InChI is InChI=1S/C12H18N2O4S/c1-8(15)11-6-10(14(16)17)12(19-11)13-5-3-4-9(7-13)18-2/h6,8-9,15H,3-5,7H2,1-2H3/t8-,9?/m1/s1. The molecule has 0 radical (unpaired) electrons. The molecule has 1 aromatic heterocycles. The maximum absolute atomic E-state index is 11.1. The summed E-state index contributed by atoms with van der Waals surface area (Å²) in [6.07, 6.45) is 1.37. The molecule has 7 heteroatoms. The smallest absolute Gasteiger partial charge is 0.304 e. The lowest BCUT2D eigenvalue weighted by Crippen LogP contribution is -2.39. The molecule has 2 rings (SSSR count). The van der Waals surface area contributed by atoms with Crippen molar-refractivity contribution in [1.82, 2.24) is 0 Å². The molecule has 0 spiro atoms. The van der Waals surface area contributed by atoms with Gasteiger partial charge in [-0.25, -0.2) is 0 Å². The van der Waals surface area contributed by atoms with E-state index in [1.807, 2.05) is 4.90 Å². The molecule has 0 aromatic carbocycles. The molecule has 0 amide bonds. The Hall–Kier alpha value is -1.18. The van der Waals surface area contributed by atoms with Gasteiger partial charge in [0.25, 0.3) is 0 Å². The van der Waals surface area contributed by atoms with Crippen LogP contribution in [0.15, 0.2) is 6.07 Å². The summed E-state index contributed by atoms with van der Waals surface area (Å²) in [5.41, 5.74) is 0.0812. The van der Waals surface area contributed by atoms with E-state index in [1.54, 1.807) is 14.0 Å². The van der Waals surface area contributed by atoms with Crippen molar-refractivity contribution in [2.75, 3.05) is 25.1 Å². The van der Waals surface area contributed by atoms with Crippen LogP contribution in [0.5, 0.6) is 0 Å². The minimum Gasteiger partial charge on any atom is -0.388 e. The lowest BCUT2D eigenvalue weighted by Gasteiger charge is -2.32. The number of hydrogen-bond donors (Lipinski definition) is 1. The highest BCUT2D eigenvalue weighted by Crippen LogP contribution is 2.41. The lowest BCUT2D eigenvalue weighted by molar-refractivity contribution is -0.383. The molecule has 1 fully saturated rings. The van der Waals surface area contributed by atoms with Crippen molar-refractivity contribution in [2.45, 2.75) is 32.0 Å². The Morgan fingerprint density at radius 1 is 1.68 bits per heavy atom. The summed E-state index contributed by atoms with van der Waals surface area (Å²) >= 11 is 1.29. The molecule has 2 atom stereocenters. The maximum atomic E-state index is 11.1. The monoisotopic (exact) mass is 286 g/mol. The van der Waals surface area contributed by atoms with E-state index in [-0.39, 0.29) is 16.7 Å². The fourth-order valence-electron chi connectivity index (χ4n) is 2.27. The molecule has 2 heterocycles. The van der Waals surface area contributed by atoms with Gasteiger partial charge in [0.15, 0.2) is 5.00 Å². The van der Waals surface area contributed by atoms with Crippen LogP contribution in [0.1, 0.15) is 30.7 Å². The van der Waals surface area contributed by atoms with E-state index in [9.17, 15) is 15.2 Å². The van der Waals surface area contributed by atoms with Gasteiger partial charge in [-0.2, -0.15) is 0 Å². The molecule has 0 saturated carbocycles. The molecule has 0 aliphatic carbocycles. The van der Waals surface area contributed by atoms with E-state index in [0.717, 1.165) is 19.4 Å². The van der Waals surface area contributed by atoms with Crippen molar-refractivity contribution in [1.29, 1.82) is 0 Å². The van der Waals surface area contributed by atoms with Gasteiger partial charge in [0, 0.05) is 31.1 Å². The van der Waals surface area contributed by atoms with Crippen molar-refractivity contribution in [2.24, 2.45) is 0 Å². The molecule has 1 aliphatic rings. The second kappa shape index (κ2) is 5.85. The molecule has 6 nitrogen and oxygen atoms in total. The minimum atomic E-state index is -0.680. The van der Waals surface area contributed by atoms with Gasteiger partial charge in [0.1, 0.15) is 0 Å². The minimum absolute atomic E-state index is 0.0812.